The van der Waals surface area contributed by atoms with Crippen molar-refractivity contribution in [3.05, 3.63) is 59.9 Å². The smallest absolute Gasteiger partial charge is 0.311 e. The van der Waals surface area contributed by atoms with Gasteiger partial charge in [-0.05, 0) is 17.2 Å². The first-order valence-corrected chi connectivity index (χ1v) is 7.29. The predicted molar refractivity (Wildman–Crippen MR) is 81.1 cm³/mol. The Balaban J connectivity index is 2.40. The van der Waals surface area contributed by atoms with E-state index in [0.29, 0.717) is 15.6 Å². The summed E-state index contributed by atoms with van der Waals surface area (Å²) in [6.45, 7) is 0. The molecule has 0 aliphatic rings. The molecule has 0 bridgehead atoms. The van der Waals surface area contributed by atoms with E-state index in [9.17, 15) is 9.18 Å². The van der Waals surface area contributed by atoms with Gasteiger partial charge in [-0.3, -0.25) is 4.79 Å². The van der Waals surface area contributed by atoms with Crippen molar-refractivity contribution in [2.75, 3.05) is 4.43 Å². The average molecular weight is 370 g/mol. The van der Waals surface area contributed by atoms with Crippen molar-refractivity contribution in [3.63, 3.8) is 0 Å². The Hall–Kier alpha value is -1.43. The first kappa shape index (κ1) is 14.0. The fourth-order valence-electron chi connectivity index (χ4n) is 1.90. The van der Waals surface area contributed by atoms with Crippen LogP contribution in [-0.4, -0.2) is 15.5 Å². The number of aliphatic carboxylic acids is 1. The first-order valence-electron chi connectivity index (χ1n) is 5.77. The molecule has 2 aromatic carbocycles. The highest BCUT2D eigenvalue weighted by Crippen LogP contribution is 2.27. The third kappa shape index (κ3) is 3.12. The topological polar surface area (TPSA) is 37.3 Å². The van der Waals surface area contributed by atoms with Crippen molar-refractivity contribution in [1.82, 2.24) is 0 Å². The van der Waals surface area contributed by atoms with E-state index in [2.05, 4.69) is 0 Å². The average Bonchev–Trinajstić information content (AvgIpc) is 2.40. The molecule has 0 fully saturated rings. The standard InChI is InChI=1S/C15H12FIO2/c16-14-8-11(13(9-17)15(18)19)6-7-12(14)10-4-2-1-3-5-10/h1-8,13H,9H2,(H,18,19). The SMILES string of the molecule is O=C(O)C(CI)c1ccc(-c2ccccc2)c(F)c1. The van der Waals surface area contributed by atoms with Crippen molar-refractivity contribution in [2.24, 2.45) is 0 Å². The number of carboxylic acids is 1. The molecule has 2 aromatic rings. The minimum absolute atomic E-state index is 0.389. The molecule has 0 aromatic heterocycles. The minimum Gasteiger partial charge on any atom is -0.481 e. The molecule has 0 radical (unpaired) electrons. The van der Waals surface area contributed by atoms with Crippen LogP contribution >= 0.6 is 22.6 Å². The molecule has 0 aliphatic carbocycles. The van der Waals surface area contributed by atoms with Crippen molar-refractivity contribution in [2.45, 2.75) is 5.92 Å². The van der Waals surface area contributed by atoms with Crippen LogP contribution in [-0.2, 0) is 4.79 Å². The number of carboxylic acid groups (broad SMARTS) is 1. The van der Waals surface area contributed by atoms with Crippen LogP contribution in [0.15, 0.2) is 48.5 Å². The van der Waals surface area contributed by atoms with Crippen LogP contribution in [0.1, 0.15) is 11.5 Å². The summed E-state index contributed by atoms with van der Waals surface area (Å²) in [5.74, 6) is -1.99. The quantitative estimate of drug-likeness (QED) is 0.650. The highest BCUT2D eigenvalue weighted by molar-refractivity contribution is 14.1. The zero-order valence-corrected chi connectivity index (χ0v) is 12.2. The number of alkyl halides is 1. The van der Waals surface area contributed by atoms with Gasteiger partial charge < -0.3 is 5.11 Å². The number of rotatable bonds is 4. The summed E-state index contributed by atoms with van der Waals surface area (Å²) < 4.78 is 14.5. The van der Waals surface area contributed by atoms with Crippen LogP contribution in [0.5, 0.6) is 0 Å². The lowest BCUT2D eigenvalue weighted by molar-refractivity contribution is -0.138. The van der Waals surface area contributed by atoms with Gasteiger partial charge in [0.15, 0.2) is 0 Å². The molecular formula is C15H12FIO2. The lowest BCUT2D eigenvalue weighted by Crippen LogP contribution is -2.13. The normalized spacial score (nSPS) is 12.1. The maximum Gasteiger partial charge on any atom is 0.311 e. The number of hydrogen-bond acceptors (Lipinski definition) is 1. The Bertz CT molecular complexity index is 584. The van der Waals surface area contributed by atoms with Gasteiger partial charge in [0.1, 0.15) is 5.82 Å². The van der Waals surface area contributed by atoms with E-state index in [1.165, 1.54) is 6.07 Å². The lowest BCUT2D eigenvalue weighted by atomic mass is 9.97. The Morgan fingerprint density at radius 2 is 1.89 bits per heavy atom. The number of benzene rings is 2. The van der Waals surface area contributed by atoms with Gasteiger partial charge in [-0.25, -0.2) is 4.39 Å². The largest absolute Gasteiger partial charge is 0.481 e. The molecule has 0 spiro atoms. The van der Waals surface area contributed by atoms with Crippen LogP contribution in [0.4, 0.5) is 4.39 Å². The van der Waals surface area contributed by atoms with Gasteiger partial charge in [-0.15, -0.1) is 0 Å². The van der Waals surface area contributed by atoms with Crippen LogP contribution in [0.2, 0.25) is 0 Å². The Morgan fingerprint density at radius 1 is 1.21 bits per heavy atom. The maximum atomic E-state index is 14.1. The lowest BCUT2D eigenvalue weighted by Gasteiger charge is -2.11. The number of carbonyl (C=O) groups is 1. The molecule has 19 heavy (non-hydrogen) atoms. The van der Waals surface area contributed by atoms with E-state index in [1.807, 2.05) is 52.9 Å². The molecule has 2 rings (SSSR count). The highest BCUT2D eigenvalue weighted by atomic mass is 127. The van der Waals surface area contributed by atoms with Crippen LogP contribution in [0.3, 0.4) is 0 Å². The summed E-state index contributed by atoms with van der Waals surface area (Å²) in [6.07, 6.45) is 0. The fourth-order valence-corrected chi connectivity index (χ4v) is 2.78. The molecule has 0 saturated carbocycles. The van der Waals surface area contributed by atoms with Gasteiger partial charge in [0.25, 0.3) is 0 Å². The second kappa shape index (κ2) is 6.14. The summed E-state index contributed by atoms with van der Waals surface area (Å²) in [4.78, 5) is 11.1. The van der Waals surface area contributed by atoms with Gasteiger partial charge in [0, 0.05) is 9.99 Å². The van der Waals surface area contributed by atoms with Gasteiger partial charge in [0.2, 0.25) is 0 Å². The van der Waals surface area contributed by atoms with E-state index < -0.39 is 11.9 Å². The Morgan fingerprint density at radius 3 is 2.42 bits per heavy atom. The third-order valence-corrected chi connectivity index (χ3v) is 3.81. The molecule has 1 unspecified atom stereocenters. The van der Waals surface area contributed by atoms with Crippen LogP contribution in [0.25, 0.3) is 11.1 Å². The molecule has 0 aliphatic heterocycles. The zero-order valence-electron chi connectivity index (χ0n) is 10.0. The summed E-state index contributed by atoms with van der Waals surface area (Å²) in [7, 11) is 0. The summed E-state index contributed by atoms with van der Waals surface area (Å²) in [6, 6.07) is 13.8. The maximum absolute atomic E-state index is 14.1. The zero-order chi connectivity index (χ0) is 13.8. The van der Waals surface area contributed by atoms with E-state index in [4.69, 9.17) is 5.11 Å². The van der Waals surface area contributed by atoms with E-state index in [0.717, 1.165) is 5.56 Å². The van der Waals surface area contributed by atoms with Gasteiger partial charge in [-0.2, -0.15) is 0 Å². The van der Waals surface area contributed by atoms with Gasteiger partial charge in [0.05, 0.1) is 5.92 Å². The van der Waals surface area contributed by atoms with Gasteiger partial charge in [-0.1, -0.05) is 65.1 Å². The van der Waals surface area contributed by atoms with E-state index in [1.54, 1.807) is 12.1 Å². The first-order chi connectivity index (χ1) is 9.13. The highest BCUT2D eigenvalue weighted by Gasteiger charge is 2.19. The molecule has 1 atom stereocenters. The van der Waals surface area contributed by atoms with E-state index >= 15 is 0 Å². The Kier molecular flexibility index (Phi) is 4.52. The Labute approximate surface area is 124 Å². The molecule has 0 saturated heterocycles. The molecular weight excluding hydrogens is 358 g/mol. The second-order valence-corrected chi connectivity index (χ2v) is 5.03. The third-order valence-electron chi connectivity index (χ3n) is 2.93. The van der Waals surface area contributed by atoms with Crippen LogP contribution < -0.4 is 0 Å². The molecule has 1 N–H and O–H groups in total. The van der Waals surface area contributed by atoms with Gasteiger partial charge >= 0.3 is 5.97 Å². The molecule has 2 nitrogen and oxygen atoms in total. The van der Waals surface area contributed by atoms with Crippen LogP contribution in [0, 0.1) is 5.82 Å². The fraction of sp³-hybridized carbons (Fsp3) is 0.133. The summed E-state index contributed by atoms with van der Waals surface area (Å²) >= 11 is 2.00. The van der Waals surface area contributed by atoms with Crippen molar-refractivity contribution >= 4 is 28.6 Å². The summed E-state index contributed by atoms with van der Waals surface area (Å²) in [5.41, 5.74) is 1.77. The summed E-state index contributed by atoms with van der Waals surface area (Å²) in [5, 5.41) is 9.08. The predicted octanol–water partition coefficient (Wildman–Crippen LogP) is 4.10. The molecule has 4 heteroatoms. The monoisotopic (exact) mass is 370 g/mol. The minimum atomic E-state index is -0.929. The number of halogens is 2. The molecule has 0 amide bonds. The van der Waals surface area contributed by atoms with Crippen molar-refractivity contribution in [1.29, 1.82) is 0 Å². The molecule has 98 valence electrons. The van der Waals surface area contributed by atoms with Crippen molar-refractivity contribution in [3.8, 4) is 11.1 Å². The second-order valence-electron chi connectivity index (χ2n) is 4.15. The number of hydrogen-bond donors (Lipinski definition) is 1. The van der Waals surface area contributed by atoms with Crippen molar-refractivity contribution < 1.29 is 14.3 Å². The van der Waals surface area contributed by atoms with E-state index in [-0.39, 0.29) is 5.82 Å². The molecule has 0 heterocycles.